The Morgan fingerprint density at radius 3 is 2.51 bits per heavy atom. The second kappa shape index (κ2) is 10.1. The molecule has 35 heavy (non-hydrogen) atoms. The number of nitrogens with zero attached hydrogens (tertiary/aromatic N) is 4. The van der Waals surface area contributed by atoms with Crippen LogP contribution in [0.4, 0.5) is 19.0 Å². The first-order valence-corrected chi connectivity index (χ1v) is 11.5. The molecule has 0 spiro atoms. The lowest BCUT2D eigenvalue weighted by Crippen LogP contribution is -2.54. The van der Waals surface area contributed by atoms with Gasteiger partial charge in [-0.3, -0.25) is 4.79 Å². The van der Waals surface area contributed by atoms with Crippen molar-refractivity contribution in [2.45, 2.75) is 44.5 Å². The van der Waals surface area contributed by atoms with Crippen LogP contribution in [0.15, 0.2) is 30.3 Å². The summed E-state index contributed by atoms with van der Waals surface area (Å²) in [6, 6.07) is 9.58. The molecule has 1 saturated carbocycles. The zero-order chi connectivity index (χ0) is 25.2. The summed E-state index contributed by atoms with van der Waals surface area (Å²) in [5.74, 6) is 0.571. The number of amides is 1. The molecule has 1 aromatic carbocycles. The van der Waals surface area contributed by atoms with Gasteiger partial charge in [-0.1, -0.05) is 12.1 Å². The molecule has 1 atom stereocenters. The van der Waals surface area contributed by atoms with Gasteiger partial charge in [0.1, 0.15) is 23.2 Å². The van der Waals surface area contributed by atoms with Crippen molar-refractivity contribution in [3.8, 4) is 22.9 Å². The van der Waals surface area contributed by atoms with Gasteiger partial charge >= 0.3 is 6.36 Å². The number of hydrogen-bond acceptors (Lipinski definition) is 6. The summed E-state index contributed by atoms with van der Waals surface area (Å²) in [6.07, 6.45) is -2.44. The predicted molar refractivity (Wildman–Crippen MR) is 123 cm³/mol. The van der Waals surface area contributed by atoms with E-state index in [1.807, 2.05) is 22.8 Å². The number of aromatic nitrogens is 1. The highest BCUT2D eigenvalue weighted by atomic mass is 19.4. The minimum atomic E-state index is -4.77. The molecule has 0 N–H and O–H groups in total. The highest BCUT2D eigenvalue weighted by Gasteiger charge is 2.33. The average Bonchev–Trinajstić information content (AvgIpc) is 3.66. The Balaban J connectivity index is 1.64. The molecule has 1 amide bonds. The maximum Gasteiger partial charge on any atom is 0.573 e. The van der Waals surface area contributed by atoms with Gasteiger partial charge < -0.3 is 19.3 Å². The molecule has 7 nitrogen and oxygen atoms in total. The van der Waals surface area contributed by atoms with Crippen molar-refractivity contribution in [2.75, 3.05) is 38.3 Å². The monoisotopic (exact) mass is 488 g/mol. The molecule has 1 aliphatic heterocycles. The normalized spacial score (nSPS) is 18.3. The number of halogens is 3. The number of methoxy groups -OCH3 is 1. The maximum absolute atomic E-state index is 12.6. The zero-order valence-corrected chi connectivity index (χ0v) is 19.6. The van der Waals surface area contributed by atoms with Crippen molar-refractivity contribution < 1.29 is 27.4 Å². The second-order valence-electron chi connectivity index (χ2n) is 8.88. The molecule has 1 aliphatic carbocycles. The summed E-state index contributed by atoms with van der Waals surface area (Å²) in [7, 11) is 1.56. The molecule has 1 aromatic heterocycles. The number of pyridine rings is 1. The number of hydrogen-bond donors (Lipinski definition) is 0. The summed E-state index contributed by atoms with van der Waals surface area (Å²) in [6.45, 7) is 3.88. The first-order chi connectivity index (χ1) is 16.7. The van der Waals surface area contributed by atoms with Crippen LogP contribution in [0.3, 0.4) is 0 Å². The Morgan fingerprint density at radius 1 is 1.23 bits per heavy atom. The van der Waals surface area contributed by atoms with Crippen molar-refractivity contribution >= 4 is 11.7 Å². The van der Waals surface area contributed by atoms with E-state index >= 15 is 0 Å². The fourth-order valence-electron chi connectivity index (χ4n) is 4.40. The van der Waals surface area contributed by atoms with Gasteiger partial charge in [-0.05, 0) is 43.5 Å². The number of piperazine rings is 1. The lowest BCUT2D eigenvalue weighted by molar-refractivity contribution is -0.274. The quantitative estimate of drug-likeness (QED) is 0.572. The predicted octanol–water partition coefficient (Wildman–Crippen LogP) is 4.47. The van der Waals surface area contributed by atoms with Gasteiger partial charge in [-0.25, -0.2) is 4.98 Å². The summed E-state index contributed by atoms with van der Waals surface area (Å²) >= 11 is 0. The van der Waals surface area contributed by atoms with E-state index in [4.69, 9.17) is 9.72 Å². The largest absolute Gasteiger partial charge is 0.573 e. The van der Waals surface area contributed by atoms with Crippen LogP contribution in [0.2, 0.25) is 0 Å². The summed E-state index contributed by atoms with van der Waals surface area (Å²) in [5.41, 5.74) is 2.48. The van der Waals surface area contributed by atoms with Gasteiger partial charge in [0.05, 0.1) is 13.0 Å². The molecule has 2 aromatic rings. The van der Waals surface area contributed by atoms with Gasteiger partial charge in [0.15, 0.2) is 0 Å². The fourth-order valence-corrected chi connectivity index (χ4v) is 4.40. The molecule has 2 fully saturated rings. The minimum absolute atomic E-state index is 0.0288. The highest BCUT2D eigenvalue weighted by Crippen LogP contribution is 2.43. The number of alkyl halides is 3. The zero-order valence-electron chi connectivity index (χ0n) is 19.6. The number of rotatable bonds is 7. The van der Waals surface area contributed by atoms with Crippen molar-refractivity contribution in [1.82, 2.24) is 9.88 Å². The third kappa shape index (κ3) is 5.85. The average molecular weight is 489 g/mol. The third-order valence-electron chi connectivity index (χ3n) is 6.29. The lowest BCUT2D eigenvalue weighted by atomic mass is 9.98. The molecule has 1 saturated heterocycles. The molecule has 186 valence electrons. The Labute approximate surface area is 202 Å². The molecule has 2 heterocycles. The van der Waals surface area contributed by atoms with Gasteiger partial charge in [-0.15, -0.1) is 13.2 Å². The van der Waals surface area contributed by atoms with Crippen molar-refractivity contribution in [1.29, 1.82) is 5.26 Å². The van der Waals surface area contributed by atoms with E-state index < -0.39 is 6.36 Å². The van der Waals surface area contributed by atoms with E-state index in [0.29, 0.717) is 61.1 Å². The topological polar surface area (TPSA) is 78.7 Å². The number of carbonyl (C=O) groups is 1. The van der Waals surface area contributed by atoms with Gasteiger partial charge in [0, 0.05) is 50.0 Å². The number of benzene rings is 1. The minimum Gasteiger partial charge on any atom is -0.406 e. The SMILES string of the molecule is COCCC(=O)N1CCN(c2nc(C3CC3)cc(-c3ccc(OC(F)(F)F)cc3)c2C#N)C[C@@H]1C. The molecule has 10 heteroatoms. The Bertz CT molecular complexity index is 1110. The molecule has 0 radical (unpaired) electrons. The first kappa shape index (κ1) is 24.8. The smallest absolute Gasteiger partial charge is 0.406 e. The van der Waals surface area contributed by atoms with E-state index in [1.165, 1.54) is 24.3 Å². The van der Waals surface area contributed by atoms with E-state index in [9.17, 15) is 23.2 Å². The number of nitriles is 1. The van der Waals surface area contributed by atoms with E-state index in [0.717, 1.165) is 18.5 Å². The highest BCUT2D eigenvalue weighted by molar-refractivity contribution is 5.79. The Hall–Kier alpha value is -3.32. The molecule has 4 rings (SSSR count). The van der Waals surface area contributed by atoms with E-state index in [-0.39, 0.29) is 17.7 Å². The lowest BCUT2D eigenvalue weighted by Gasteiger charge is -2.41. The summed E-state index contributed by atoms with van der Waals surface area (Å²) < 4.78 is 46.7. The molecular formula is C25H27F3N4O3. The number of carbonyl (C=O) groups excluding carboxylic acids is 1. The fraction of sp³-hybridized carbons (Fsp3) is 0.480. The Morgan fingerprint density at radius 2 is 1.94 bits per heavy atom. The molecule has 0 unspecified atom stereocenters. The molecule has 0 bridgehead atoms. The number of anilines is 1. The summed E-state index contributed by atoms with van der Waals surface area (Å²) in [5, 5.41) is 10.1. The van der Waals surface area contributed by atoms with Crippen LogP contribution in [0.1, 0.15) is 43.4 Å². The van der Waals surface area contributed by atoms with Crippen LogP contribution in [0.5, 0.6) is 5.75 Å². The van der Waals surface area contributed by atoms with Crippen LogP contribution in [0, 0.1) is 11.3 Å². The second-order valence-corrected chi connectivity index (χ2v) is 8.88. The maximum atomic E-state index is 12.6. The van der Waals surface area contributed by atoms with Crippen LogP contribution in [-0.2, 0) is 9.53 Å². The van der Waals surface area contributed by atoms with Crippen molar-refractivity contribution in [2.24, 2.45) is 0 Å². The van der Waals surface area contributed by atoms with E-state index in [1.54, 1.807) is 7.11 Å². The first-order valence-electron chi connectivity index (χ1n) is 11.5. The van der Waals surface area contributed by atoms with Crippen LogP contribution < -0.4 is 9.64 Å². The van der Waals surface area contributed by atoms with E-state index in [2.05, 4.69) is 10.8 Å². The molecular weight excluding hydrogens is 461 g/mol. The van der Waals surface area contributed by atoms with Gasteiger partial charge in [-0.2, -0.15) is 5.26 Å². The van der Waals surface area contributed by atoms with Crippen molar-refractivity contribution in [3.63, 3.8) is 0 Å². The van der Waals surface area contributed by atoms with Gasteiger partial charge in [0.25, 0.3) is 0 Å². The summed E-state index contributed by atoms with van der Waals surface area (Å²) in [4.78, 5) is 21.2. The molecule has 2 aliphatic rings. The number of ether oxygens (including phenoxy) is 2. The Kier molecular flexibility index (Phi) is 7.17. The third-order valence-corrected chi connectivity index (χ3v) is 6.29. The van der Waals surface area contributed by atoms with Crippen LogP contribution in [0.25, 0.3) is 11.1 Å². The van der Waals surface area contributed by atoms with Crippen molar-refractivity contribution in [3.05, 3.63) is 41.6 Å². The van der Waals surface area contributed by atoms with Crippen LogP contribution >= 0.6 is 0 Å². The van der Waals surface area contributed by atoms with Crippen LogP contribution in [-0.4, -0.2) is 61.5 Å². The van der Waals surface area contributed by atoms with Gasteiger partial charge in [0.2, 0.25) is 5.91 Å². The standard InChI is InChI=1S/C25H27F3N4O3/c1-16-15-31(10-11-32(16)23(33)9-12-34-2)24-21(14-29)20(13-22(30-24)18-3-4-18)17-5-7-19(8-6-17)35-25(26,27)28/h5-8,13,16,18H,3-4,9-12,15H2,1-2H3/t16-/m0/s1.